The van der Waals surface area contributed by atoms with Gasteiger partial charge in [0.1, 0.15) is 0 Å². The number of carbonyl (C=O) groups excluding carboxylic acids is 2. The molecule has 8 aromatic rings. The van der Waals surface area contributed by atoms with Gasteiger partial charge in [-0.2, -0.15) is 9.98 Å². The van der Waals surface area contributed by atoms with E-state index in [1.807, 2.05) is 72.8 Å². The van der Waals surface area contributed by atoms with Crippen LogP contribution in [0.4, 0.5) is 9.59 Å². The Balaban J connectivity index is 0.000000169. The van der Waals surface area contributed by atoms with E-state index in [1.54, 1.807) is 28.2 Å². The van der Waals surface area contributed by atoms with E-state index in [-0.39, 0.29) is 12.1 Å². The Kier molecular flexibility index (Phi) is 14.9. The fraction of sp³-hybridized carbons (Fsp3) is 0.0811. The van der Waals surface area contributed by atoms with Gasteiger partial charge in [0.2, 0.25) is 0 Å². The average Bonchev–Trinajstić information content (AvgIpc) is 4.11. The summed E-state index contributed by atoms with van der Waals surface area (Å²) in [5.74, 6) is 0. The Morgan fingerprint density at radius 1 is 0.287 bits per heavy atom. The number of urea groups is 2. The van der Waals surface area contributed by atoms with Crippen molar-refractivity contribution in [3.8, 4) is 0 Å². The monoisotopic (exact) mass is 1040 g/mol. The minimum Gasteiger partial charge on any atom is -0.329 e. The molecule has 4 amide bonds. The van der Waals surface area contributed by atoms with Gasteiger partial charge < -0.3 is 9.80 Å². The first-order valence-corrected chi connectivity index (χ1v) is 27.0. The molecule has 0 fully saturated rings. The highest BCUT2D eigenvalue weighted by Gasteiger charge is 2.52. The van der Waals surface area contributed by atoms with E-state index in [4.69, 9.17) is 9.98 Å². The summed E-state index contributed by atoms with van der Waals surface area (Å²) >= 11 is 0. The lowest BCUT2D eigenvalue weighted by Gasteiger charge is -2.36. The quantitative estimate of drug-likeness (QED) is 0.152. The van der Waals surface area contributed by atoms with Crippen LogP contribution in [-0.2, 0) is 0 Å². The minimum atomic E-state index is -0.806. The topological polar surface area (TPSA) is 65.3 Å². The molecule has 0 bridgehead atoms. The molecule has 0 saturated heterocycles. The van der Waals surface area contributed by atoms with Crippen molar-refractivity contribution in [3.63, 3.8) is 0 Å². The van der Waals surface area contributed by atoms with Crippen LogP contribution in [0.2, 0.25) is 0 Å². The number of aliphatic imine (C=N–C) groups is 2. The van der Waals surface area contributed by atoms with E-state index in [0.717, 1.165) is 89.1 Å². The number of carbonyl (C=O) groups is 2. The molecule has 4 aliphatic carbocycles. The third-order valence-electron chi connectivity index (χ3n) is 15.0. The molecule has 0 aromatic heterocycles. The summed E-state index contributed by atoms with van der Waals surface area (Å²) in [5.41, 5.74) is 17.6. The summed E-state index contributed by atoms with van der Waals surface area (Å²) in [6.45, 7) is 0. The van der Waals surface area contributed by atoms with Crippen molar-refractivity contribution in [3.05, 3.63) is 336 Å². The van der Waals surface area contributed by atoms with Gasteiger partial charge in [0.15, 0.2) is 0 Å². The van der Waals surface area contributed by atoms with Crippen molar-refractivity contribution in [1.29, 1.82) is 0 Å². The molecule has 0 atom stereocenters. The maximum Gasteiger partial charge on any atom is 0.343 e. The van der Waals surface area contributed by atoms with E-state index in [2.05, 4.69) is 218 Å². The Morgan fingerprint density at radius 2 is 0.487 bits per heavy atom. The highest BCUT2D eigenvalue weighted by Crippen LogP contribution is 2.65. The third-order valence-corrected chi connectivity index (χ3v) is 15.0. The van der Waals surface area contributed by atoms with E-state index in [0.29, 0.717) is 11.4 Å². The molecule has 388 valence electrons. The first-order chi connectivity index (χ1) is 39.2. The van der Waals surface area contributed by atoms with Crippen molar-refractivity contribution in [1.82, 2.24) is 9.80 Å². The van der Waals surface area contributed by atoms with Crippen LogP contribution in [0.5, 0.6) is 0 Å². The molecule has 6 heteroatoms. The van der Waals surface area contributed by atoms with Gasteiger partial charge in [0.05, 0.1) is 22.3 Å². The summed E-state index contributed by atoms with van der Waals surface area (Å²) in [6, 6.07) is 83.7. The van der Waals surface area contributed by atoms with Gasteiger partial charge in [0, 0.05) is 28.2 Å². The van der Waals surface area contributed by atoms with Crippen LogP contribution in [-0.4, -0.2) is 61.5 Å². The number of hydrogen-bond acceptors (Lipinski definition) is 2. The van der Waals surface area contributed by atoms with Crippen molar-refractivity contribution in [2.24, 2.45) is 20.8 Å². The van der Waals surface area contributed by atoms with Crippen LogP contribution < -0.4 is 0 Å². The molecule has 8 aromatic carbocycles. The lowest BCUT2D eigenvalue weighted by atomic mass is 9.66. The normalized spacial score (nSPS) is 16.7. The molecule has 2 spiro atoms. The number of nitrogens with zero attached hydrogens (tertiary/aromatic N) is 4. The molecule has 0 N–H and O–H groups in total. The zero-order valence-corrected chi connectivity index (χ0v) is 45.3. The smallest absolute Gasteiger partial charge is 0.329 e. The Labute approximate surface area is 469 Å². The van der Waals surface area contributed by atoms with Gasteiger partial charge in [-0.15, -0.1) is 0 Å². The second kappa shape index (κ2) is 22.9. The van der Waals surface area contributed by atoms with Gasteiger partial charge in [-0.05, 0) is 101 Å². The lowest BCUT2D eigenvalue weighted by molar-refractivity contribution is 0.226. The van der Waals surface area contributed by atoms with Gasteiger partial charge in [-0.3, -0.25) is 0 Å². The zero-order valence-electron chi connectivity index (χ0n) is 45.3. The molecule has 12 rings (SSSR count). The minimum absolute atomic E-state index is 0.288. The summed E-state index contributed by atoms with van der Waals surface area (Å²) in [7, 11) is 6.96. The van der Waals surface area contributed by atoms with Crippen molar-refractivity contribution >= 4 is 68.1 Å². The van der Waals surface area contributed by atoms with E-state index in [9.17, 15) is 9.59 Å². The summed E-state index contributed by atoms with van der Waals surface area (Å²) in [4.78, 5) is 39.0. The number of amides is 4. The zero-order chi connectivity index (χ0) is 55.1. The standard InChI is InChI=1S/2C37H30N2O/c2*1-39(2)36(40)38-31-25-15-16-26-37(31)34(29-21-11-5-12-22-29)32(27-17-7-3-8-18-27)33(28-19-9-4-10-20-28)35(37)30-23-13-6-14-24-30/h2*3-26H,1-2H3/b2*38-31+. The molecule has 4 aliphatic rings. The van der Waals surface area contributed by atoms with E-state index < -0.39 is 10.8 Å². The SMILES string of the molecule is CN(C)C(=O)/N=C1\C=CC=CC12C(c1ccccc1)=C(c1ccccc1)C(c1ccccc1)=C2c1ccccc1.CN(C)C(=O)/N=C1\C=CC=CC12C(c1ccccc1)=C(c1ccccc1)C(c1ccccc1)=C2c1ccccc1. The summed E-state index contributed by atoms with van der Waals surface area (Å²) in [5, 5.41) is 0. The maximum absolute atomic E-state index is 13.2. The van der Waals surface area contributed by atoms with Crippen molar-refractivity contribution in [2.45, 2.75) is 0 Å². The molecular weight excluding hydrogens is 977 g/mol. The highest BCUT2D eigenvalue weighted by atomic mass is 16.2. The number of allylic oxidation sites excluding steroid dienone is 16. The predicted molar refractivity (Wildman–Crippen MR) is 333 cm³/mol. The molecule has 6 nitrogen and oxygen atoms in total. The van der Waals surface area contributed by atoms with E-state index >= 15 is 0 Å². The van der Waals surface area contributed by atoms with Crippen molar-refractivity contribution in [2.75, 3.05) is 28.2 Å². The van der Waals surface area contributed by atoms with Crippen LogP contribution in [0.3, 0.4) is 0 Å². The van der Waals surface area contributed by atoms with E-state index in [1.165, 1.54) is 9.80 Å². The molecule has 0 radical (unpaired) electrons. The van der Waals surface area contributed by atoms with Crippen LogP contribution in [0.25, 0.3) is 44.6 Å². The number of hydrogen-bond donors (Lipinski definition) is 0. The van der Waals surface area contributed by atoms with Gasteiger partial charge >= 0.3 is 12.1 Å². The average molecular weight is 1040 g/mol. The van der Waals surface area contributed by atoms with Gasteiger partial charge in [-0.1, -0.05) is 279 Å². The predicted octanol–water partition coefficient (Wildman–Crippen LogP) is 16.9. The Hall–Kier alpha value is -10.0. The maximum atomic E-state index is 13.2. The molecule has 0 aliphatic heterocycles. The van der Waals surface area contributed by atoms with Crippen molar-refractivity contribution < 1.29 is 9.59 Å². The van der Waals surface area contributed by atoms with Gasteiger partial charge in [-0.25, -0.2) is 9.59 Å². The fourth-order valence-corrected chi connectivity index (χ4v) is 11.6. The number of benzene rings is 8. The highest BCUT2D eigenvalue weighted by molar-refractivity contribution is 6.40. The summed E-state index contributed by atoms with van der Waals surface area (Å²) < 4.78 is 0. The fourth-order valence-electron chi connectivity index (χ4n) is 11.6. The van der Waals surface area contributed by atoms with Crippen LogP contribution in [0.15, 0.2) is 301 Å². The van der Waals surface area contributed by atoms with Crippen LogP contribution in [0, 0.1) is 10.8 Å². The molecule has 0 unspecified atom stereocenters. The summed E-state index contributed by atoms with van der Waals surface area (Å²) in [6.07, 6.45) is 16.5. The first-order valence-electron chi connectivity index (χ1n) is 27.0. The largest absolute Gasteiger partial charge is 0.343 e. The Bertz CT molecular complexity index is 3440. The lowest BCUT2D eigenvalue weighted by Crippen LogP contribution is -2.33. The second-order valence-corrected chi connectivity index (χ2v) is 20.3. The van der Waals surface area contributed by atoms with Crippen LogP contribution >= 0.6 is 0 Å². The molecule has 0 saturated carbocycles. The third kappa shape index (κ3) is 9.62. The molecule has 80 heavy (non-hydrogen) atoms. The van der Waals surface area contributed by atoms with Crippen LogP contribution in [0.1, 0.15) is 44.5 Å². The Morgan fingerprint density at radius 3 is 0.688 bits per heavy atom. The molecule has 0 heterocycles. The number of rotatable bonds is 8. The second-order valence-electron chi connectivity index (χ2n) is 20.3. The first kappa shape index (κ1) is 52.0. The molecular formula is C74H60N4O2. The van der Waals surface area contributed by atoms with Gasteiger partial charge in [0.25, 0.3) is 0 Å².